The Morgan fingerprint density at radius 1 is 1.10 bits per heavy atom. The molecule has 0 aromatic carbocycles. The van der Waals surface area contributed by atoms with Crippen LogP contribution in [0.25, 0.3) is 17.0 Å². The minimum atomic E-state index is 0.444. The average molecular weight is 269 g/mol. The summed E-state index contributed by atoms with van der Waals surface area (Å²) in [6.07, 6.45) is 11.4. The molecule has 3 aromatic heterocycles. The minimum Gasteiger partial charge on any atom is -0.381 e. The summed E-state index contributed by atoms with van der Waals surface area (Å²) < 4.78 is 9.44. The normalized spacial score (nSPS) is 16.8. The van der Waals surface area contributed by atoms with Crippen LogP contribution in [0.1, 0.15) is 18.9 Å². The van der Waals surface area contributed by atoms with E-state index < -0.39 is 0 Å². The predicted octanol–water partition coefficient (Wildman–Crippen LogP) is 1.94. The molecule has 0 bridgehead atoms. The first-order valence-electron chi connectivity index (χ1n) is 6.83. The van der Waals surface area contributed by atoms with Crippen LogP contribution in [0.3, 0.4) is 0 Å². The average Bonchev–Trinajstić information content (AvgIpc) is 3.14. The second-order valence-corrected chi connectivity index (χ2v) is 4.95. The first-order chi connectivity index (χ1) is 9.93. The third-order valence-electron chi connectivity index (χ3n) is 3.77. The van der Waals surface area contributed by atoms with Crippen LogP contribution in [0.4, 0.5) is 0 Å². The second kappa shape index (κ2) is 4.72. The molecule has 6 heteroatoms. The van der Waals surface area contributed by atoms with E-state index in [1.807, 2.05) is 30.9 Å². The second-order valence-electron chi connectivity index (χ2n) is 4.95. The first kappa shape index (κ1) is 11.6. The monoisotopic (exact) mass is 269 g/mol. The Labute approximate surface area is 116 Å². The highest BCUT2D eigenvalue weighted by atomic mass is 16.5. The van der Waals surface area contributed by atoms with Crippen molar-refractivity contribution in [1.82, 2.24) is 24.1 Å². The van der Waals surface area contributed by atoms with Gasteiger partial charge >= 0.3 is 0 Å². The Morgan fingerprint density at radius 2 is 2.00 bits per heavy atom. The van der Waals surface area contributed by atoms with Gasteiger partial charge < -0.3 is 9.30 Å². The minimum absolute atomic E-state index is 0.444. The van der Waals surface area contributed by atoms with Gasteiger partial charge in [-0.15, -0.1) is 0 Å². The van der Waals surface area contributed by atoms with Crippen molar-refractivity contribution in [1.29, 1.82) is 0 Å². The van der Waals surface area contributed by atoms with Crippen LogP contribution in [0.15, 0.2) is 37.1 Å². The van der Waals surface area contributed by atoms with Crippen molar-refractivity contribution in [2.75, 3.05) is 13.2 Å². The van der Waals surface area contributed by atoms with Crippen molar-refractivity contribution in [2.45, 2.75) is 18.9 Å². The van der Waals surface area contributed by atoms with Gasteiger partial charge in [0.15, 0.2) is 5.65 Å². The van der Waals surface area contributed by atoms with Crippen LogP contribution in [0, 0.1) is 0 Å². The van der Waals surface area contributed by atoms with E-state index in [1.54, 1.807) is 10.7 Å². The van der Waals surface area contributed by atoms with Gasteiger partial charge in [0.1, 0.15) is 5.82 Å². The highest BCUT2D eigenvalue weighted by molar-refractivity contribution is 5.72. The Balaban J connectivity index is 1.81. The van der Waals surface area contributed by atoms with E-state index in [0.717, 1.165) is 43.1 Å². The van der Waals surface area contributed by atoms with Gasteiger partial charge in [0, 0.05) is 44.0 Å². The van der Waals surface area contributed by atoms with Crippen molar-refractivity contribution in [3.63, 3.8) is 0 Å². The molecule has 0 aliphatic carbocycles. The number of imidazole rings is 1. The molecule has 4 heterocycles. The first-order valence-corrected chi connectivity index (χ1v) is 6.83. The van der Waals surface area contributed by atoms with Crippen molar-refractivity contribution in [3.8, 4) is 11.4 Å². The molecule has 1 aliphatic rings. The maximum atomic E-state index is 5.44. The van der Waals surface area contributed by atoms with Crippen molar-refractivity contribution < 1.29 is 4.74 Å². The molecule has 1 fully saturated rings. The summed E-state index contributed by atoms with van der Waals surface area (Å²) in [5, 5.41) is 4.34. The van der Waals surface area contributed by atoms with Gasteiger partial charge in [0.05, 0.1) is 11.8 Å². The van der Waals surface area contributed by atoms with Gasteiger partial charge in [0.2, 0.25) is 0 Å². The van der Waals surface area contributed by atoms with E-state index in [9.17, 15) is 0 Å². The smallest absolute Gasteiger partial charge is 0.165 e. The molecule has 3 aromatic rings. The van der Waals surface area contributed by atoms with E-state index >= 15 is 0 Å². The summed E-state index contributed by atoms with van der Waals surface area (Å²) in [4.78, 5) is 8.92. The van der Waals surface area contributed by atoms with Crippen molar-refractivity contribution in [2.24, 2.45) is 0 Å². The molecule has 1 saturated heterocycles. The SMILES string of the molecule is c1cnc2c(-c3nccn3C3CCOCC3)cnn2c1. The molecule has 0 amide bonds. The van der Waals surface area contributed by atoms with Crippen LogP contribution >= 0.6 is 0 Å². The zero-order valence-electron chi connectivity index (χ0n) is 11.0. The third-order valence-corrected chi connectivity index (χ3v) is 3.77. The fourth-order valence-electron chi connectivity index (χ4n) is 2.76. The Morgan fingerprint density at radius 3 is 2.90 bits per heavy atom. The quantitative estimate of drug-likeness (QED) is 0.713. The number of rotatable bonds is 2. The van der Waals surface area contributed by atoms with E-state index in [-0.39, 0.29) is 0 Å². The van der Waals surface area contributed by atoms with E-state index in [2.05, 4.69) is 19.6 Å². The van der Waals surface area contributed by atoms with Gasteiger partial charge in [-0.2, -0.15) is 5.10 Å². The van der Waals surface area contributed by atoms with Crippen LogP contribution in [0.5, 0.6) is 0 Å². The molecule has 6 nitrogen and oxygen atoms in total. The summed E-state index contributed by atoms with van der Waals surface area (Å²) in [5.41, 5.74) is 1.81. The number of fused-ring (bicyclic) bond motifs is 1. The fourth-order valence-corrected chi connectivity index (χ4v) is 2.76. The summed E-state index contributed by atoms with van der Waals surface area (Å²) in [7, 11) is 0. The van der Waals surface area contributed by atoms with Crippen molar-refractivity contribution in [3.05, 3.63) is 37.1 Å². The largest absolute Gasteiger partial charge is 0.381 e. The molecule has 1 aliphatic heterocycles. The lowest BCUT2D eigenvalue weighted by Gasteiger charge is -2.24. The molecule has 0 spiro atoms. The molecular formula is C14H15N5O. The molecule has 20 heavy (non-hydrogen) atoms. The Bertz CT molecular complexity index is 726. The van der Waals surface area contributed by atoms with Crippen LogP contribution in [-0.4, -0.2) is 37.4 Å². The predicted molar refractivity (Wildman–Crippen MR) is 73.3 cm³/mol. The van der Waals surface area contributed by atoms with Gasteiger partial charge in [-0.05, 0) is 18.9 Å². The molecule has 102 valence electrons. The Kier molecular flexibility index (Phi) is 2.74. The summed E-state index contributed by atoms with van der Waals surface area (Å²) in [5.74, 6) is 0.936. The topological polar surface area (TPSA) is 57.2 Å². The molecular weight excluding hydrogens is 254 g/mol. The Hall–Kier alpha value is -2.21. The maximum Gasteiger partial charge on any atom is 0.165 e. The summed E-state index contributed by atoms with van der Waals surface area (Å²) >= 11 is 0. The summed E-state index contributed by atoms with van der Waals surface area (Å²) in [6.45, 7) is 1.63. The summed E-state index contributed by atoms with van der Waals surface area (Å²) in [6, 6.07) is 2.31. The zero-order valence-corrected chi connectivity index (χ0v) is 11.0. The number of ether oxygens (including phenoxy) is 1. The lowest BCUT2D eigenvalue weighted by molar-refractivity contribution is 0.0700. The molecule has 0 atom stereocenters. The number of hydrogen-bond donors (Lipinski definition) is 0. The number of nitrogens with zero attached hydrogens (tertiary/aromatic N) is 5. The van der Waals surface area contributed by atoms with Gasteiger partial charge in [0.25, 0.3) is 0 Å². The van der Waals surface area contributed by atoms with Crippen molar-refractivity contribution >= 4 is 5.65 Å². The highest BCUT2D eigenvalue weighted by Gasteiger charge is 2.20. The van der Waals surface area contributed by atoms with E-state index in [4.69, 9.17) is 4.74 Å². The highest BCUT2D eigenvalue weighted by Crippen LogP contribution is 2.28. The molecule has 0 saturated carbocycles. The van der Waals surface area contributed by atoms with E-state index in [0.29, 0.717) is 6.04 Å². The lowest BCUT2D eigenvalue weighted by Crippen LogP contribution is -2.19. The van der Waals surface area contributed by atoms with Gasteiger partial charge in [-0.25, -0.2) is 14.5 Å². The lowest BCUT2D eigenvalue weighted by atomic mass is 10.1. The maximum absolute atomic E-state index is 5.44. The molecule has 0 N–H and O–H groups in total. The molecule has 0 radical (unpaired) electrons. The van der Waals surface area contributed by atoms with Gasteiger partial charge in [-0.3, -0.25) is 0 Å². The van der Waals surface area contributed by atoms with Crippen LogP contribution < -0.4 is 0 Å². The molecule has 4 rings (SSSR count). The molecule has 0 unspecified atom stereocenters. The third kappa shape index (κ3) is 1.80. The standard InChI is InChI=1S/C14H15N5O/c1-4-15-14-12(10-17-19(14)6-1)13-16-5-7-18(13)11-2-8-20-9-3-11/h1,4-7,10-11H,2-3,8-9H2. The number of hydrogen-bond acceptors (Lipinski definition) is 4. The van der Waals surface area contributed by atoms with Crippen LogP contribution in [0.2, 0.25) is 0 Å². The van der Waals surface area contributed by atoms with E-state index in [1.165, 1.54) is 0 Å². The van der Waals surface area contributed by atoms with Gasteiger partial charge in [-0.1, -0.05) is 0 Å². The fraction of sp³-hybridized carbons (Fsp3) is 0.357. The number of aromatic nitrogens is 5. The van der Waals surface area contributed by atoms with Crippen LogP contribution in [-0.2, 0) is 4.74 Å². The zero-order chi connectivity index (χ0) is 13.4.